The lowest BCUT2D eigenvalue weighted by Crippen LogP contribution is -2.34. The summed E-state index contributed by atoms with van der Waals surface area (Å²) in [5.41, 5.74) is 0.973. The highest BCUT2D eigenvalue weighted by Crippen LogP contribution is 2.11. The predicted octanol–water partition coefficient (Wildman–Crippen LogP) is 1.52. The van der Waals surface area contributed by atoms with Crippen molar-refractivity contribution in [1.29, 1.82) is 0 Å². The van der Waals surface area contributed by atoms with Gasteiger partial charge in [-0.05, 0) is 44.3 Å². The molecular weight excluding hydrogens is 302 g/mol. The molecule has 6 nitrogen and oxygen atoms in total. The van der Waals surface area contributed by atoms with Crippen LogP contribution in [0.15, 0.2) is 24.3 Å². The average Bonchev–Trinajstić information content (AvgIpc) is 2.52. The molecular formula is C15H25N3O3S. The van der Waals surface area contributed by atoms with Crippen LogP contribution in [0, 0.1) is 0 Å². The number of carbonyl (C=O) groups excluding carboxylic acids is 1. The number of hydrogen-bond acceptors (Lipinski definition) is 4. The molecule has 0 atom stereocenters. The zero-order valence-corrected chi connectivity index (χ0v) is 14.2. The zero-order chi connectivity index (χ0) is 16.6. The molecule has 2 N–H and O–H groups in total. The first kappa shape index (κ1) is 18.4. The lowest BCUT2D eigenvalue weighted by molar-refractivity contribution is 0.0949. The molecule has 1 aromatic carbocycles. The van der Waals surface area contributed by atoms with Crippen LogP contribution >= 0.6 is 0 Å². The van der Waals surface area contributed by atoms with Gasteiger partial charge in [0.25, 0.3) is 5.91 Å². The molecule has 0 bridgehead atoms. The van der Waals surface area contributed by atoms with Gasteiger partial charge in [-0.3, -0.25) is 9.52 Å². The Morgan fingerprint density at radius 1 is 1.09 bits per heavy atom. The van der Waals surface area contributed by atoms with Crippen molar-refractivity contribution in [3.63, 3.8) is 0 Å². The minimum Gasteiger partial charge on any atom is -0.351 e. The third-order valence-corrected chi connectivity index (χ3v) is 4.72. The van der Waals surface area contributed by atoms with Gasteiger partial charge in [-0.15, -0.1) is 0 Å². The smallest absolute Gasteiger partial charge is 0.251 e. The first-order chi connectivity index (χ1) is 10.4. The Bertz CT molecular complexity index is 566. The van der Waals surface area contributed by atoms with Crippen molar-refractivity contribution in [3.8, 4) is 0 Å². The molecule has 7 heteroatoms. The Kier molecular flexibility index (Phi) is 7.34. The lowest BCUT2D eigenvalue weighted by Gasteiger charge is -2.18. The number of amides is 1. The average molecular weight is 327 g/mol. The molecule has 0 radical (unpaired) electrons. The molecule has 124 valence electrons. The Hall–Kier alpha value is -1.60. The summed E-state index contributed by atoms with van der Waals surface area (Å²) < 4.78 is 25.4. The molecule has 0 aromatic heterocycles. The van der Waals surface area contributed by atoms with E-state index in [2.05, 4.69) is 28.8 Å². The minimum atomic E-state index is -3.29. The van der Waals surface area contributed by atoms with Crippen molar-refractivity contribution < 1.29 is 13.2 Å². The van der Waals surface area contributed by atoms with Gasteiger partial charge in [-0.25, -0.2) is 8.42 Å². The topological polar surface area (TPSA) is 78.5 Å². The van der Waals surface area contributed by atoms with Crippen LogP contribution in [0.1, 0.15) is 31.1 Å². The minimum absolute atomic E-state index is 0.0145. The number of hydrogen-bond donors (Lipinski definition) is 2. The molecule has 0 saturated carbocycles. The first-order valence-electron chi connectivity index (χ1n) is 7.53. The Morgan fingerprint density at radius 3 is 2.18 bits per heavy atom. The second kappa shape index (κ2) is 8.75. The van der Waals surface area contributed by atoms with E-state index in [0.29, 0.717) is 17.8 Å². The molecule has 0 aliphatic carbocycles. The molecule has 0 aliphatic heterocycles. The fourth-order valence-corrected chi connectivity index (χ4v) is 2.55. The van der Waals surface area contributed by atoms with Crippen molar-refractivity contribution in [1.82, 2.24) is 10.2 Å². The van der Waals surface area contributed by atoms with Crippen LogP contribution in [0.4, 0.5) is 5.69 Å². The van der Waals surface area contributed by atoms with E-state index in [1.807, 2.05) is 0 Å². The van der Waals surface area contributed by atoms with Gasteiger partial charge in [0.05, 0.1) is 5.75 Å². The van der Waals surface area contributed by atoms with Gasteiger partial charge in [0.2, 0.25) is 10.0 Å². The van der Waals surface area contributed by atoms with Gasteiger partial charge < -0.3 is 10.2 Å². The maximum Gasteiger partial charge on any atom is 0.251 e. The van der Waals surface area contributed by atoms with Gasteiger partial charge >= 0.3 is 0 Å². The molecule has 0 fully saturated rings. The van der Waals surface area contributed by atoms with Crippen LogP contribution in [-0.4, -0.2) is 51.2 Å². The predicted molar refractivity (Wildman–Crippen MR) is 89.6 cm³/mol. The number of carbonyl (C=O) groups is 1. The summed E-state index contributed by atoms with van der Waals surface area (Å²) in [7, 11) is -3.29. The maximum atomic E-state index is 12.0. The molecule has 1 rings (SSSR count). The van der Waals surface area contributed by atoms with Crippen molar-refractivity contribution in [2.24, 2.45) is 0 Å². The van der Waals surface area contributed by atoms with Gasteiger partial charge in [0, 0.05) is 24.3 Å². The van der Waals surface area contributed by atoms with E-state index in [1.54, 1.807) is 31.2 Å². The van der Waals surface area contributed by atoms with Crippen LogP contribution in [0.2, 0.25) is 0 Å². The Morgan fingerprint density at radius 2 is 1.68 bits per heavy atom. The number of nitrogens with one attached hydrogen (secondary N) is 2. The fourth-order valence-electron chi connectivity index (χ4n) is 1.91. The number of sulfonamides is 1. The first-order valence-corrected chi connectivity index (χ1v) is 9.18. The highest BCUT2D eigenvalue weighted by Gasteiger charge is 2.09. The van der Waals surface area contributed by atoms with Crippen molar-refractivity contribution in [2.45, 2.75) is 20.8 Å². The molecule has 1 aromatic rings. The zero-order valence-electron chi connectivity index (χ0n) is 13.4. The summed E-state index contributed by atoms with van der Waals surface area (Å²) in [5.74, 6) is -0.141. The SMILES string of the molecule is CCN(CC)CCNC(=O)c1ccc(NS(=O)(=O)CC)cc1. The highest BCUT2D eigenvalue weighted by atomic mass is 32.2. The lowest BCUT2D eigenvalue weighted by atomic mass is 10.2. The van der Waals surface area contributed by atoms with E-state index in [4.69, 9.17) is 0 Å². The van der Waals surface area contributed by atoms with Gasteiger partial charge in [0.15, 0.2) is 0 Å². The molecule has 0 unspecified atom stereocenters. The second-order valence-corrected chi connectivity index (χ2v) is 6.88. The van der Waals surface area contributed by atoms with Crippen LogP contribution in [-0.2, 0) is 10.0 Å². The summed E-state index contributed by atoms with van der Waals surface area (Å²) in [6.45, 7) is 9.05. The summed E-state index contributed by atoms with van der Waals surface area (Å²) in [6, 6.07) is 6.40. The normalized spacial score (nSPS) is 11.5. The van der Waals surface area contributed by atoms with E-state index in [0.717, 1.165) is 19.6 Å². The van der Waals surface area contributed by atoms with E-state index >= 15 is 0 Å². The van der Waals surface area contributed by atoms with Crippen LogP contribution in [0.25, 0.3) is 0 Å². The molecule has 0 saturated heterocycles. The maximum absolute atomic E-state index is 12.0. The standard InChI is InChI=1S/C15H25N3O3S/c1-4-18(5-2)12-11-16-15(19)13-7-9-14(10-8-13)17-22(20,21)6-3/h7-10,17H,4-6,11-12H2,1-3H3,(H,16,19). The summed E-state index contributed by atoms with van der Waals surface area (Å²) in [5, 5.41) is 2.86. The van der Waals surface area contributed by atoms with E-state index < -0.39 is 10.0 Å². The summed E-state index contributed by atoms with van der Waals surface area (Å²) >= 11 is 0. The van der Waals surface area contributed by atoms with E-state index in [-0.39, 0.29) is 11.7 Å². The highest BCUT2D eigenvalue weighted by molar-refractivity contribution is 7.92. The number of nitrogens with zero attached hydrogens (tertiary/aromatic N) is 1. The van der Waals surface area contributed by atoms with Crippen LogP contribution in [0.3, 0.4) is 0 Å². The van der Waals surface area contributed by atoms with E-state index in [1.165, 1.54) is 0 Å². The second-order valence-electron chi connectivity index (χ2n) is 4.87. The Labute approximate surface area is 132 Å². The molecule has 0 aliphatic rings. The van der Waals surface area contributed by atoms with Gasteiger partial charge in [-0.1, -0.05) is 13.8 Å². The number of benzene rings is 1. The third-order valence-electron chi connectivity index (χ3n) is 3.41. The number of rotatable bonds is 9. The van der Waals surface area contributed by atoms with Gasteiger partial charge in [-0.2, -0.15) is 0 Å². The van der Waals surface area contributed by atoms with Crippen LogP contribution < -0.4 is 10.0 Å². The molecule has 1 amide bonds. The quantitative estimate of drug-likeness (QED) is 0.721. The molecule has 0 heterocycles. The van der Waals surface area contributed by atoms with Crippen molar-refractivity contribution in [3.05, 3.63) is 29.8 Å². The monoisotopic (exact) mass is 327 g/mol. The Balaban J connectivity index is 2.54. The van der Waals surface area contributed by atoms with Crippen LogP contribution in [0.5, 0.6) is 0 Å². The van der Waals surface area contributed by atoms with Crippen molar-refractivity contribution in [2.75, 3.05) is 36.7 Å². The largest absolute Gasteiger partial charge is 0.351 e. The third kappa shape index (κ3) is 6.03. The number of likely N-dealkylation sites (N-methyl/N-ethyl adjacent to an activating group) is 1. The summed E-state index contributed by atoms with van der Waals surface area (Å²) in [6.07, 6.45) is 0. The summed E-state index contributed by atoms with van der Waals surface area (Å²) in [4.78, 5) is 14.2. The van der Waals surface area contributed by atoms with E-state index in [9.17, 15) is 13.2 Å². The molecule has 0 spiro atoms. The fraction of sp³-hybridized carbons (Fsp3) is 0.533. The van der Waals surface area contributed by atoms with Crippen molar-refractivity contribution >= 4 is 21.6 Å². The molecule has 22 heavy (non-hydrogen) atoms. The number of anilines is 1. The van der Waals surface area contributed by atoms with Gasteiger partial charge in [0.1, 0.15) is 0 Å².